The maximum atomic E-state index is 13.3. The Balaban J connectivity index is 1.72. The minimum absolute atomic E-state index is 0.00117. The van der Waals surface area contributed by atoms with Crippen LogP contribution in [0.1, 0.15) is 37.3 Å². The Kier molecular flexibility index (Phi) is 5.51. The van der Waals surface area contributed by atoms with E-state index in [9.17, 15) is 17.6 Å². The molecule has 1 fully saturated rings. The van der Waals surface area contributed by atoms with Gasteiger partial charge in [-0.3, -0.25) is 9.52 Å². The number of hydrogen-bond donors (Lipinski definition) is 2. The summed E-state index contributed by atoms with van der Waals surface area (Å²) in [7, 11) is -3.33. The lowest BCUT2D eigenvalue weighted by atomic mass is 9.63. The first-order chi connectivity index (χ1) is 12.8. The van der Waals surface area contributed by atoms with E-state index in [4.69, 9.17) is 0 Å². The van der Waals surface area contributed by atoms with Crippen molar-refractivity contribution < 1.29 is 17.6 Å². The predicted molar refractivity (Wildman–Crippen MR) is 103 cm³/mol. The number of carbonyl (C=O) groups is 1. The lowest BCUT2D eigenvalue weighted by molar-refractivity contribution is -0.130. The van der Waals surface area contributed by atoms with Crippen molar-refractivity contribution >= 4 is 21.6 Å². The molecule has 7 heteroatoms. The van der Waals surface area contributed by atoms with E-state index in [-0.39, 0.29) is 24.0 Å². The van der Waals surface area contributed by atoms with E-state index >= 15 is 0 Å². The summed E-state index contributed by atoms with van der Waals surface area (Å²) in [6.07, 6.45) is 2.43. The largest absolute Gasteiger partial charge is 0.351 e. The summed E-state index contributed by atoms with van der Waals surface area (Å²) in [6, 6.07) is 13.1. The van der Waals surface area contributed by atoms with Gasteiger partial charge in [-0.25, -0.2) is 12.8 Å². The molecule has 2 aromatic carbocycles. The summed E-state index contributed by atoms with van der Waals surface area (Å²) >= 11 is 0. The van der Waals surface area contributed by atoms with Crippen LogP contribution in [0.3, 0.4) is 0 Å². The normalized spacial score (nSPS) is 15.6. The van der Waals surface area contributed by atoms with Gasteiger partial charge in [0.05, 0.1) is 11.2 Å². The van der Waals surface area contributed by atoms with Gasteiger partial charge in [0, 0.05) is 12.2 Å². The molecule has 5 nitrogen and oxygen atoms in total. The van der Waals surface area contributed by atoms with E-state index in [2.05, 4.69) is 10.0 Å². The van der Waals surface area contributed by atoms with E-state index in [0.717, 1.165) is 24.8 Å². The van der Waals surface area contributed by atoms with Crippen LogP contribution in [-0.4, -0.2) is 20.1 Å². The highest BCUT2D eigenvalue weighted by Gasteiger charge is 2.45. The van der Waals surface area contributed by atoms with Crippen LogP contribution in [0.4, 0.5) is 10.1 Å². The topological polar surface area (TPSA) is 75.3 Å². The molecule has 2 N–H and O–H groups in total. The molecule has 3 rings (SSSR count). The fourth-order valence-corrected chi connectivity index (χ4v) is 3.92. The molecule has 0 aromatic heterocycles. The molecule has 1 amide bonds. The smallest absolute Gasteiger partial charge is 0.232 e. The second kappa shape index (κ2) is 7.68. The molecule has 1 aliphatic rings. The van der Waals surface area contributed by atoms with Crippen LogP contribution in [0.2, 0.25) is 0 Å². The fourth-order valence-electron chi connectivity index (χ4n) is 3.28. The Morgan fingerprint density at radius 2 is 1.85 bits per heavy atom. The first kappa shape index (κ1) is 19.4. The third kappa shape index (κ3) is 4.30. The highest BCUT2D eigenvalue weighted by molar-refractivity contribution is 7.92. The van der Waals surface area contributed by atoms with Crippen molar-refractivity contribution in [3.05, 3.63) is 65.5 Å². The van der Waals surface area contributed by atoms with Crippen LogP contribution < -0.4 is 10.0 Å². The van der Waals surface area contributed by atoms with Gasteiger partial charge >= 0.3 is 0 Å². The van der Waals surface area contributed by atoms with Gasteiger partial charge < -0.3 is 5.32 Å². The van der Waals surface area contributed by atoms with Crippen LogP contribution in [-0.2, 0) is 26.8 Å². The van der Waals surface area contributed by atoms with E-state index in [1.54, 1.807) is 43.3 Å². The second-order valence-electron chi connectivity index (χ2n) is 6.83. The van der Waals surface area contributed by atoms with Gasteiger partial charge in [0.2, 0.25) is 15.9 Å². The predicted octanol–water partition coefficient (Wildman–Crippen LogP) is 3.33. The van der Waals surface area contributed by atoms with Gasteiger partial charge in [0.15, 0.2) is 0 Å². The molecule has 0 heterocycles. The molecule has 0 aliphatic heterocycles. The number of amides is 1. The molecule has 144 valence electrons. The lowest BCUT2D eigenvalue weighted by Gasteiger charge is -2.40. The average Bonchev–Trinajstić information content (AvgIpc) is 2.60. The van der Waals surface area contributed by atoms with Gasteiger partial charge in [-0.1, -0.05) is 30.7 Å². The van der Waals surface area contributed by atoms with Crippen molar-refractivity contribution in [3.8, 4) is 0 Å². The van der Waals surface area contributed by atoms with Crippen molar-refractivity contribution in [1.29, 1.82) is 0 Å². The quantitative estimate of drug-likeness (QED) is 0.761. The molecule has 0 unspecified atom stereocenters. The molecule has 0 bridgehead atoms. The summed E-state index contributed by atoms with van der Waals surface area (Å²) < 4.78 is 39.1. The minimum atomic E-state index is -3.33. The second-order valence-corrected chi connectivity index (χ2v) is 8.84. The first-order valence-electron chi connectivity index (χ1n) is 8.98. The summed E-state index contributed by atoms with van der Waals surface area (Å²) in [4.78, 5) is 12.8. The first-order valence-corrected chi connectivity index (χ1v) is 10.6. The number of sulfonamides is 1. The van der Waals surface area contributed by atoms with Crippen LogP contribution >= 0.6 is 0 Å². The SMILES string of the molecule is CCS(=O)(=O)Nc1ccc(C2(C(=O)NCc3cccc(F)c3)CCC2)cc1. The standard InChI is InChI=1S/C20H23FN2O3S/c1-2-27(25,26)23-18-9-7-16(8-10-18)20(11-4-12-20)19(24)22-14-15-5-3-6-17(21)13-15/h3,5-10,13,23H,2,4,11-12,14H2,1H3,(H,22,24). The maximum Gasteiger partial charge on any atom is 0.232 e. The monoisotopic (exact) mass is 390 g/mol. The van der Waals surface area contributed by atoms with Gasteiger partial charge in [-0.2, -0.15) is 0 Å². The number of benzene rings is 2. The minimum Gasteiger partial charge on any atom is -0.351 e. The number of halogens is 1. The Bertz CT molecular complexity index is 922. The molecule has 27 heavy (non-hydrogen) atoms. The van der Waals surface area contributed by atoms with Gasteiger partial charge in [0.1, 0.15) is 5.82 Å². The molecule has 0 spiro atoms. The molecule has 2 aromatic rings. The average molecular weight is 390 g/mol. The van der Waals surface area contributed by atoms with Crippen molar-refractivity contribution in [2.24, 2.45) is 0 Å². The third-order valence-corrected chi connectivity index (χ3v) is 6.38. The van der Waals surface area contributed by atoms with Crippen LogP contribution in [0.15, 0.2) is 48.5 Å². The van der Waals surface area contributed by atoms with Crippen LogP contribution in [0.25, 0.3) is 0 Å². The summed E-state index contributed by atoms with van der Waals surface area (Å²) in [5, 5.41) is 2.91. The third-order valence-electron chi connectivity index (χ3n) is 5.07. The number of hydrogen-bond acceptors (Lipinski definition) is 3. The van der Waals surface area contributed by atoms with E-state index in [1.807, 2.05) is 0 Å². The molecule has 1 aliphatic carbocycles. The molecule has 0 saturated heterocycles. The van der Waals surface area contributed by atoms with Gasteiger partial charge in [0.25, 0.3) is 0 Å². The number of carbonyl (C=O) groups excluding carboxylic acids is 1. The van der Waals surface area contributed by atoms with Gasteiger partial charge in [-0.15, -0.1) is 0 Å². The van der Waals surface area contributed by atoms with Crippen molar-refractivity contribution in [2.45, 2.75) is 38.1 Å². The Morgan fingerprint density at radius 1 is 1.15 bits per heavy atom. The molecule has 1 saturated carbocycles. The van der Waals surface area contributed by atoms with Crippen molar-refractivity contribution in [1.82, 2.24) is 5.32 Å². The highest BCUT2D eigenvalue weighted by Crippen LogP contribution is 2.44. The number of anilines is 1. The molecule has 0 radical (unpaired) electrons. The molecular weight excluding hydrogens is 367 g/mol. The van der Waals surface area contributed by atoms with Crippen molar-refractivity contribution in [2.75, 3.05) is 10.5 Å². The lowest BCUT2D eigenvalue weighted by Crippen LogP contribution is -2.49. The fraction of sp³-hybridized carbons (Fsp3) is 0.350. The zero-order valence-corrected chi connectivity index (χ0v) is 16.0. The Labute approximate surface area is 159 Å². The van der Waals surface area contributed by atoms with Crippen molar-refractivity contribution in [3.63, 3.8) is 0 Å². The van der Waals surface area contributed by atoms with Crippen LogP contribution in [0, 0.1) is 5.82 Å². The summed E-state index contributed by atoms with van der Waals surface area (Å²) in [5.41, 5.74) is 1.46. The number of rotatable bonds is 7. The maximum absolute atomic E-state index is 13.3. The van der Waals surface area contributed by atoms with Crippen LogP contribution in [0.5, 0.6) is 0 Å². The Hall–Kier alpha value is -2.41. The van der Waals surface area contributed by atoms with E-state index in [1.165, 1.54) is 12.1 Å². The Morgan fingerprint density at radius 3 is 2.41 bits per heavy atom. The summed E-state index contributed by atoms with van der Waals surface area (Å²) in [6.45, 7) is 1.84. The molecule has 0 atom stereocenters. The van der Waals surface area contributed by atoms with E-state index < -0.39 is 15.4 Å². The number of nitrogens with one attached hydrogen (secondary N) is 2. The summed E-state index contributed by atoms with van der Waals surface area (Å²) in [5.74, 6) is -0.411. The zero-order valence-electron chi connectivity index (χ0n) is 15.2. The van der Waals surface area contributed by atoms with Gasteiger partial charge in [-0.05, 0) is 55.2 Å². The zero-order chi connectivity index (χ0) is 19.5. The van der Waals surface area contributed by atoms with E-state index in [0.29, 0.717) is 11.3 Å². The molecular formula is C20H23FN2O3S. The highest BCUT2D eigenvalue weighted by atomic mass is 32.2.